The Morgan fingerprint density at radius 1 is 1.64 bits per heavy atom. The number of nitrogens with two attached hydrogens (primary N) is 1. The van der Waals surface area contributed by atoms with Crippen LogP contribution in [0.4, 0.5) is 0 Å². The van der Waals surface area contributed by atoms with Crippen LogP contribution in [0.1, 0.15) is 10.5 Å². The van der Waals surface area contributed by atoms with Crippen LogP contribution in [0.15, 0.2) is 28.9 Å². The van der Waals surface area contributed by atoms with Crippen molar-refractivity contribution in [2.24, 2.45) is 5.73 Å². The van der Waals surface area contributed by atoms with Gasteiger partial charge in [-0.1, -0.05) is 0 Å². The van der Waals surface area contributed by atoms with E-state index in [2.05, 4.69) is 21.0 Å². The number of nitrogens with zero attached hydrogens (tertiary/aromatic N) is 2. The number of ketones is 1. The van der Waals surface area contributed by atoms with Gasteiger partial charge >= 0.3 is 0 Å². The predicted molar refractivity (Wildman–Crippen MR) is 56.3 cm³/mol. The molecule has 5 heteroatoms. The number of rotatable bonds is 2. The molecule has 72 valence electrons. The Morgan fingerprint density at radius 2 is 2.43 bits per heavy atom. The van der Waals surface area contributed by atoms with E-state index in [1.54, 1.807) is 16.8 Å². The van der Waals surface area contributed by atoms with Crippen molar-refractivity contribution in [3.63, 3.8) is 0 Å². The molecule has 0 aliphatic rings. The Morgan fingerprint density at radius 3 is 3.07 bits per heavy atom. The zero-order valence-corrected chi connectivity index (χ0v) is 8.86. The molecule has 4 nitrogen and oxygen atoms in total. The van der Waals surface area contributed by atoms with Crippen molar-refractivity contribution >= 4 is 27.2 Å². The van der Waals surface area contributed by atoms with Crippen molar-refractivity contribution in [1.29, 1.82) is 0 Å². The van der Waals surface area contributed by atoms with Crippen LogP contribution in [0, 0.1) is 0 Å². The maximum absolute atomic E-state index is 11.3. The van der Waals surface area contributed by atoms with E-state index >= 15 is 0 Å². The molecule has 0 atom stereocenters. The zero-order chi connectivity index (χ0) is 10.1. The van der Waals surface area contributed by atoms with E-state index in [-0.39, 0.29) is 12.3 Å². The second kappa shape index (κ2) is 3.51. The molecule has 0 unspecified atom stereocenters. The van der Waals surface area contributed by atoms with Crippen molar-refractivity contribution in [3.05, 3.63) is 34.6 Å². The zero-order valence-electron chi connectivity index (χ0n) is 7.27. The molecule has 0 radical (unpaired) electrons. The van der Waals surface area contributed by atoms with Gasteiger partial charge in [-0.15, -0.1) is 0 Å². The van der Waals surface area contributed by atoms with Gasteiger partial charge in [0.15, 0.2) is 5.78 Å². The fourth-order valence-corrected chi connectivity index (χ4v) is 1.67. The molecule has 2 aromatic rings. The minimum absolute atomic E-state index is 0.0124. The Labute approximate surface area is 88.8 Å². The molecular formula is C9H8BrN3O. The minimum Gasteiger partial charge on any atom is -0.324 e. The molecular weight excluding hydrogens is 246 g/mol. The van der Waals surface area contributed by atoms with E-state index in [9.17, 15) is 4.79 Å². The SMILES string of the molecule is NCC(=O)c1cc2c(Br)cccn2n1. The van der Waals surface area contributed by atoms with Gasteiger partial charge in [-0.25, -0.2) is 4.52 Å². The Bertz CT molecular complexity index is 492. The largest absolute Gasteiger partial charge is 0.324 e. The van der Waals surface area contributed by atoms with Crippen molar-refractivity contribution in [2.75, 3.05) is 6.54 Å². The Kier molecular flexibility index (Phi) is 2.35. The van der Waals surface area contributed by atoms with Crippen LogP contribution in [0.5, 0.6) is 0 Å². The molecule has 0 saturated heterocycles. The molecule has 2 N–H and O–H groups in total. The van der Waals surface area contributed by atoms with Crippen molar-refractivity contribution in [2.45, 2.75) is 0 Å². The van der Waals surface area contributed by atoms with E-state index in [1.807, 2.05) is 12.1 Å². The molecule has 0 bridgehead atoms. The summed E-state index contributed by atoms with van der Waals surface area (Å²) in [4.78, 5) is 11.3. The number of Topliss-reactive ketones (excluding diaryl/α,β-unsaturated/α-hetero) is 1. The average molecular weight is 254 g/mol. The fraction of sp³-hybridized carbons (Fsp3) is 0.111. The third kappa shape index (κ3) is 1.44. The number of fused-ring (bicyclic) bond motifs is 1. The molecule has 0 aliphatic heterocycles. The summed E-state index contributed by atoms with van der Waals surface area (Å²) in [5.74, 6) is -0.152. The van der Waals surface area contributed by atoms with Gasteiger partial charge < -0.3 is 5.73 Å². The quantitative estimate of drug-likeness (QED) is 0.820. The number of aromatic nitrogens is 2. The van der Waals surface area contributed by atoms with Crippen LogP contribution in [0.2, 0.25) is 0 Å². The van der Waals surface area contributed by atoms with Crippen LogP contribution in [0.25, 0.3) is 5.52 Å². The van der Waals surface area contributed by atoms with Gasteiger partial charge in [0, 0.05) is 10.7 Å². The normalized spacial score (nSPS) is 10.7. The summed E-state index contributed by atoms with van der Waals surface area (Å²) >= 11 is 3.38. The first-order valence-corrected chi connectivity index (χ1v) is 4.89. The number of halogens is 1. The standard InChI is InChI=1S/C9H8BrN3O/c10-6-2-1-3-13-8(6)4-7(12-13)9(14)5-11/h1-4H,5,11H2. The van der Waals surface area contributed by atoms with E-state index in [0.29, 0.717) is 5.69 Å². The van der Waals surface area contributed by atoms with Gasteiger partial charge in [0.1, 0.15) is 5.69 Å². The number of carbonyl (C=O) groups is 1. The summed E-state index contributed by atoms with van der Waals surface area (Å²) in [5, 5.41) is 4.10. The summed E-state index contributed by atoms with van der Waals surface area (Å²) in [6.07, 6.45) is 1.79. The van der Waals surface area contributed by atoms with E-state index < -0.39 is 0 Å². The van der Waals surface area contributed by atoms with Crippen LogP contribution >= 0.6 is 15.9 Å². The lowest BCUT2D eigenvalue weighted by molar-refractivity contribution is 0.0996. The van der Waals surface area contributed by atoms with Gasteiger partial charge in [-0.05, 0) is 34.1 Å². The molecule has 0 amide bonds. The molecule has 2 heterocycles. The minimum atomic E-state index is -0.152. The topological polar surface area (TPSA) is 60.4 Å². The second-order valence-corrected chi connectivity index (χ2v) is 3.70. The van der Waals surface area contributed by atoms with Gasteiger partial charge in [0.2, 0.25) is 0 Å². The molecule has 2 aromatic heterocycles. The molecule has 0 fully saturated rings. The monoisotopic (exact) mass is 253 g/mol. The number of hydrogen-bond acceptors (Lipinski definition) is 3. The van der Waals surface area contributed by atoms with E-state index in [0.717, 1.165) is 9.99 Å². The van der Waals surface area contributed by atoms with Crippen molar-refractivity contribution in [3.8, 4) is 0 Å². The molecule has 0 saturated carbocycles. The molecule has 0 spiro atoms. The van der Waals surface area contributed by atoms with Gasteiger partial charge in [-0.3, -0.25) is 4.79 Å². The molecule has 14 heavy (non-hydrogen) atoms. The maximum Gasteiger partial charge on any atom is 0.196 e. The van der Waals surface area contributed by atoms with E-state index in [4.69, 9.17) is 5.73 Å². The second-order valence-electron chi connectivity index (χ2n) is 2.84. The number of hydrogen-bond donors (Lipinski definition) is 1. The van der Waals surface area contributed by atoms with Crippen LogP contribution in [0.3, 0.4) is 0 Å². The molecule has 0 aromatic carbocycles. The number of pyridine rings is 1. The van der Waals surface area contributed by atoms with Crippen LogP contribution in [-0.4, -0.2) is 21.9 Å². The lowest BCUT2D eigenvalue weighted by atomic mass is 10.3. The molecule has 2 rings (SSSR count). The first kappa shape index (κ1) is 9.36. The summed E-state index contributed by atoms with van der Waals surface area (Å²) in [5.41, 5.74) is 6.52. The fourth-order valence-electron chi connectivity index (χ4n) is 1.22. The highest BCUT2D eigenvalue weighted by Crippen LogP contribution is 2.18. The third-order valence-corrected chi connectivity index (χ3v) is 2.59. The van der Waals surface area contributed by atoms with Crippen LogP contribution in [-0.2, 0) is 0 Å². The summed E-state index contributed by atoms with van der Waals surface area (Å²) in [6, 6.07) is 5.47. The van der Waals surface area contributed by atoms with Crippen LogP contribution < -0.4 is 5.73 Å². The predicted octanol–water partition coefficient (Wildman–Crippen LogP) is 1.24. The van der Waals surface area contributed by atoms with Gasteiger partial charge in [0.25, 0.3) is 0 Å². The third-order valence-electron chi connectivity index (χ3n) is 1.92. The maximum atomic E-state index is 11.3. The highest BCUT2D eigenvalue weighted by atomic mass is 79.9. The van der Waals surface area contributed by atoms with Crippen molar-refractivity contribution in [1.82, 2.24) is 9.61 Å². The first-order valence-electron chi connectivity index (χ1n) is 4.09. The lowest BCUT2D eigenvalue weighted by Gasteiger charge is -1.92. The first-order chi connectivity index (χ1) is 6.72. The Hall–Kier alpha value is -1.20. The Balaban J connectivity index is 2.62. The molecule has 0 aliphatic carbocycles. The average Bonchev–Trinajstić information content (AvgIpc) is 2.62. The summed E-state index contributed by atoms with van der Waals surface area (Å²) in [6.45, 7) is -0.0124. The highest BCUT2D eigenvalue weighted by molar-refractivity contribution is 9.10. The highest BCUT2D eigenvalue weighted by Gasteiger charge is 2.09. The lowest BCUT2D eigenvalue weighted by Crippen LogP contribution is -2.13. The number of carbonyl (C=O) groups excluding carboxylic acids is 1. The van der Waals surface area contributed by atoms with Crippen molar-refractivity contribution < 1.29 is 4.79 Å². The summed E-state index contributed by atoms with van der Waals surface area (Å²) < 4.78 is 2.55. The van der Waals surface area contributed by atoms with E-state index in [1.165, 1.54) is 0 Å². The smallest absolute Gasteiger partial charge is 0.196 e. The summed E-state index contributed by atoms with van der Waals surface area (Å²) in [7, 11) is 0. The van der Waals surface area contributed by atoms with Gasteiger partial charge in [0.05, 0.1) is 12.1 Å². The van der Waals surface area contributed by atoms with Gasteiger partial charge in [-0.2, -0.15) is 5.10 Å².